The number of carboxylic acids is 1. The summed E-state index contributed by atoms with van der Waals surface area (Å²) in [5.41, 5.74) is 1.64. The van der Waals surface area contributed by atoms with Crippen molar-refractivity contribution in [3.8, 4) is 5.75 Å². The number of carboxylic acid groups (broad SMARTS) is 1. The molecular formula is C26H20IN3O5. The highest BCUT2D eigenvalue weighted by Crippen LogP contribution is 2.29. The van der Waals surface area contributed by atoms with Crippen molar-refractivity contribution < 1.29 is 19.1 Å². The SMILES string of the molecule is Cc1c(C(=O)O)c(=O)oc2cc3c(cc12)nc(Nc1cccc(I)c1)n3CCOc1ccccc1. The van der Waals surface area contributed by atoms with Gasteiger partial charge in [-0.15, -0.1) is 0 Å². The number of anilines is 2. The van der Waals surface area contributed by atoms with Gasteiger partial charge < -0.3 is 24.1 Å². The lowest BCUT2D eigenvalue weighted by atomic mass is 10.1. The Morgan fingerprint density at radius 3 is 2.69 bits per heavy atom. The molecular weight excluding hydrogens is 561 g/mol. The van der Waals surface area contributed by atoms with Gasteiger partial charge in [0.15, 0.2) is 0 Å². The first-order valence-electron chi connectivity index (χ1n) is 10.8. The van der Waals surface area contributed by atoms with Crippen molar-refractivity contribution in [2.75, 3.05) is 11.9 Å². The van der Waals surface area contributed by atoms with E-state index in [1.54, 1.807) is 19.1 Å². The number of para-hydroxylation sites is 1. The smallest absolute Gasteiger partial charge is 0.351 e. The second kappa shape index (κ2) is 9.41. The maximum atomic E-state index is 12.3. The molecule has 0 aliphatic carbocycles. The van der Waals surface area contributed by atoms with Crippen molar-refractivity contribution in [3.05, 3.63) is 91.8 Å². The molecule has 9 heteroatoms. The molecule has 0 spiro atoms. The van der Waals surface area contributed by atoms with Crippen LogP contribution in [0.4, 0.5) is 11.6 Å². The first-order valence-corrected chi connectivity index (χ1v) is 11.9. The molecule has 2 heterocycles. The molecule has 0 aliphatic rings. The Hall–Kier alpha value is -3.86. The summed E-state index contributed by atoms with van der Waals surface area (Å²) in [4.78, 5) is 28.7. The molecule has 2 N–H and O–H groups in total. The molecule has 3 aromatic carbocycles. The number of ether oxygens (including phenoxy) is 1. The summed E-state index contributed by atoms with van der Waals surface area (Å²) in [6.45, 7) is 2.46. The molecule has 5 aromatic rings. The molecule has 0 aliphatic heterocycles. The van der Waals surface area contributed by atoms with Crippen LogP contribution < -0.4 is 15.7 Å². The van der Waals surface area contributed by atoms with E-state index >= 15 is 0 Å². The largest absolute Gasteiger partial charge is 0.492 e. The normalized spacial score (nSPS) is 11.1. The van der Waals surface area contributed by atoms with Crippen molar-refractivity contribution in [2.24, 2.45) is 0 Å². The van der Waals surface area contributed by atoms with Crippen LogP contribution in [0.15, 0.2) is 75.9 Å². The molecule has 2 aromatic heterocycles. The molecule has 0 bridgehead atoms. The molecule has 0 amide bonds. The number of aryl methyl sites for hydroxylation is 1. The lowest BCUT2D eigenvalue weighted by Gasteiger charge is -2.12. The van der Waals surface area contributed by atoms with Gasteiger partial charge in [-0.3, -0.25) is 0 Å². The van der Waals surface area contributed by atoms with E-state index in [9.17, 15) is 14.7 Å². The average Bonchev–Trinajstić information content (AvgIpc) is 3.14. The summed E-state index contributed by atoms with van der Waals surface area (Å²) in [6.07, 6.45) is 0. The number of carbonyl (C=O) groups is 1. The fourth-order valence-electron chi connectivity index (χ4n) is 4.00. The lowest BCUT2D eigenvalue weighted by Crippen LogP contribution is -2.16. The Balaban J connectivity index is 1.61. The number of halogens is 1. The third kappa shape index (κ3) is 4.59. The van der Waals surface area contributed by atoms with E-state index in [4.69, 9.17) is 14.1 Å². The number of aromatic nitrogens is 2. The molecule has 35 heavy (non-hydrogen) atoms. The van der Waals surface area contributed by atoms with E-state index in [2.05, 4.69) is 27.9 Å². The molecule has 176 valence electrons. The average molecular weight is 581 g/mol. The number of hydrogen-bond donors (Lipinski definition) is 2. The van der Waals surface area contributed by atoms with Crippen molar-refractivity contribution in [2.45, 2.75) is 13.5 Å². The van der Waals surface area contributed by atoms with E-state index in [0.29, 0.717) is 41.1 Å². The van der Waals surface area contributed by atoms with Crippen LogP contribution >= 0.6 is 22.6 Å². The van der Waals surface area contributed by atoms with E-state index in [1.165, 1.54) is 0 Å². The zero-order valence-corrected chi connectivity index (χ0v) is 20.8. The molecule has 0 fully saturated rings. The highest BCUT2D eigenvalue weighted by Gasteiger charge is 2.20. The number of fused-ring (bicyclic) bond motifs is 2. The van der Waals surface area contributed by atoms with E-state index < -0.39 is 11.6 Å². The molecule has 0 radical (unpaired) electrons. The molecule has 5 rings (SSSR count). The van der Waals surface area contributed by atoms with Crippen molar-refractivity contribution in [1.82, 2.24) is 9.55 Å². The second-order valence-corrected chi connectivity index (χ2v) is 9.16. The van der Waals surface area contributed by atoms with Crippen molar-refractivity contribution >= 4 is 62.2 Å². The fraction of sp³-hybridized carbons (Fsp3) is 0.115. The standard InChI is InChI=1S/C26H20IN3O5/c1-15-19-13-20-21(14-22(19)35-25(33)23(15)24(31)32)30(10-11-34-18-8-3-2-4-9-18)26(29-20)28-17-7-5-6-16(27)12-17/h2-9,12-14H,10-11H2,1H3,(H,28,29)(H,31,32). The van der Waals surface area contributed by atoms with Gasteiger partial charge in [0.1, 0.15) is 23.5 Å². The van der Waals surface area contributed by atoms with Crippen molar-refractivity contribution in [1.29, 1.82) is 0 Å². The van der Waals surface area contributed by atoms with Crippen LogP contribution in [0.25, 0.3) is 22.0 Å². The van der Waals surface area contributed by atoms with Crippen LogP contribution in [0.2, 0.25) is 0 Å². The van der Waals surface area contributed by atoms with E-state index in [-0.39, 0.29) is 5.56 Å². The predicted octanol–water partition coefficient (Wildman–Crippen LogP) is 5.58. The molecule has 0 atom stereocenters. The van der Waals surface area contributed by atoms with Crippen LogP contribution in [0.3, 0.4) is 0 Å². The van der Waals surface area contributed by atoms with Gasteiger partial charge >= 0.3 is 11.6 Å². The zero-order valence-electron chi connectivity index (χ0n) is 18.6. The van der Waals surface area contributed by atoms with Gasteiger partial charge in [-0.25, -0.2) is 14.6 Å². The van der Waals surface area contributed by atoms with Crippen molar-refractivity contribution in [3.63, 3.8) is 0 Å². The van der Waals surface area contributed by atoms with Gasteiger partial charge in [-0.1, -0.05) is 24.3 Å². The van der Waals surface area contributed by atoms with Gasteiger partial charge in [0.25, 0.3) is 0 Å². The molecule has 0 saturated heterocycles. The van der Waals surface area contributed by atoms with Gasteiger partial charge in [0.2, 0.25) is 5.95 Å². The number of aromatic carboxylic acids is 1. The Labute approximate surface area is 213 Å². The maximum Gasteiger partial charge on any atom is 0.351 e. The number of benzene rings is 3. The Morgan fingerprint density at radius 1 is 1.14 bits per heavy atom. The number of nitrogens with zero attached hydrogens (tertiary/aromatic N) is 2. The topological polar surface area (TPSA) is 107 Å². The van der Waals surface area contributed by atoms with E-state index in [1.807, 2.05) is 59.2 Å². The van der Waals surface area contributed by atoms with E-state index in [0.717, 1.165) is 20.5 Å². The summed E-state index contributed by atoms with van der Waals surface area (Å²) >= 11 is 2.25. The predicted molar refractivity (Wildman–Crippen MR) is 142 cm³/mol. The molecule has 0 unspecified atom stereocenters. The summed E-state index contributed by atoms with van der Waals surface area (Å²) in [5.74, 6) is 0.0348. The van der Waals surface area contributed by atoms with Crippen LogP contribution in [0, 0.1) is 10.5 Å². The van der Waals surface area contributed by atoms with Gasteiger partial charge in [-0.05, 0) is 71.5 Å². The minimum Gasteiger partial charge on any atom is -0.492 e. The summed E-state index contributed by atoms with van der Waals surface area (Å²) in [7, 11) is 0. The fourth-order valence-corrected chi connectivity index (χ4v) is 4.55. The summed E-state index contributed by atoms with van der Waals surface area (Å²) < 4.78 is 14.3. The number of hydrogen-bond acceptors (Lipinski definition) is 6. The summed E-state index contributed by atoms with van der Waals surface area (Å²) in [6, 6.07) is 20.9. The molecule has 8 nitrogen and oxygen atoms in total. The van der Waals surface area contributed by atoms with Gasteiger partial charge in [-0.2, -0.15) is 0 Å². The van der Waals surface area contributed by atoms with Gasteiger partial charge in [0.05, 0.1) is 17.6 Å². The highest BCUT2D eigenvalue weighted by atomic mass is 127. The monoisotopic (exact) mass is 581 g/mol. The molecule has 0 saturated carbocycles. The van der Waals surface area contributed by atoms with Crippen LogP contribution in [0.1, 0.15) is 15.9 Å². The third-order valence-corrected chi connectivity index (χ3v) is 6.33. The minimum atomic E-state index is -1.32. The van der Waals surface area contributed by atoms with Crippen LogP contribution in [-0.2, 0) is 6.54 Å². The summed E-state index contributed by atoms with van der Waals surface area (Å²) in [5, 5.41) is 13.3. The van der Waals surface area contributed by atoms with Crippen LogP contribution in [0.5, 0.6) is 5.75 Å². The van der Waals surface area contributed by atoms with Crippen LogP contribution in [-0.4, -0.2) is 27.2 Å². The lowest BCUT2D eigenvalue weighted by molar-refractivity contribution is 0.0691. The number of imidazole rings is 1. The third-order valence-electron chi connectivity index (χ3n) is 5.66. The maximum absolute atomic E-state index is 12.3. The Kier molecular flexibility index (Phi) is 6.16. The highest BCUT2D eigenvalue weighted by molar-refractivity contribution is 14.1. The Bertz CT molecular complexity index is 1630. The zero-order chi connectivity index (χ0) is 24.5. The minimum absolute atomic E-state index is 0.302. The Morgan fingerprint density at radius 2 is 1.94 bits per heavy atom. The first kappa shape index (κ1) is 22.9. The second-order valence-electron chi connectivity index (χ2n) is 7.92. The van der Waals surface area contributed by atoms with Gasteiger partial charge in [0, 0.05) is 20.7 Å². The quantitative estimate of drug-likeness (QED) is 0.191. The number of nitrogens with one attached hydrogen (secondary N) is 1. The number of rotatable bonds is 7. The first-order chi connectivity index (χ1) is 16.9.